The van der Waals surface area contributed by atoms with Gasteiger partial charge in [0.25, 0.3) is 0 Å². The van der Waals surface area contributed by atoms with Crippen LogP contribution in [0.5, 0.6) is 0 Å². The van der Waals surface area contributed by atoms with Gasteiger partial charge in [-0.1, -0.05) is 13.8 Å². The van der Waals surface area contributed by atoms with Crippen LogP contribution in [0.2, 0.25) is 0 Å². The fourth-order valence-electron chi connectivity index (χ4n) is 1.57. The summed E-state index contributed by atoms with van der Waals surface area (Å²) in [6.07, 6.45) is 0.403. The number of hydrogen-bond donors (Lipinski definition) is 1. The van der Waals surface area contributed by atoms with Gasteiger partial charge in [0.05, 0.1) is 22.9 Å². The van der Waals surface area contributed by atoms with Crippen LogP contribution < -0.4 is 5.32 Å². The predicted octanol–water partition coefficient (Wildman–Crippen LogP) is 0.553. The van der Waals surface area contributed by atoms with Crippen molar-refractivity contribution in [3.05, 3.63) is 0 Å². The van der Waals surface area contributed by atoms with E-state index in [2.05, 4.69) is 5.32 Å². The number of nitrogens with one attached hydrogen (secondary N) is 1. The second-order valence-electron chi connectivity index (χ2n) is 4.36. The molecule has 1 rings (SSSR count). The summed E-state index contributed by atoms with van der Waals surface area (Å²) in [5.74, 6) is 0.0566. The van der Waals surface area contributed by atoms with E-state index in [0.717, 1.165) is 0 Å². The Kier molecular flexibility index (Phi) is 4.00. The standard InChI is InChI=1S/C9H16ClNO3S/c1-6(2)3-9(12)11-8-5-15(13,14)4-7(8)10/h6-8H,3-5H2,1-2H3,(H,11,12)/t7-,8-/m0/s1. The van der Waals surface area contributed by atoms with Gasteiger partial charge >= 0.3 is 0 Å². The molecule has 1 saturated heterocycles. The van der Waals surface area contributed by atoms with Crippen LogP contribution in [0.25, 0.3) is 0 Å². The first-order chi connectivity index (χ1) is 6.80. The van der Waals surface area contributed by atoms with Gasteiger partial charge in [0.1, 0.15) is 0 Å². The van der Waals surface area contributed by atoms with Crippen LogP contribution in [0.1, 0.15) is 20.3 Å². The van der Waals surface area contributed by atoms with E-state index >= 15 is 0 Å². The third kappa shape index (κ3) is 3.99. The minimum atomic E-state index is -3.07. The molecule has 1 heterocycles. The smallest absolute Gasteiger partial charge is 0.220 e. The first-order valence-electron chi connectivity index (χ1n) is 4.94. The van der Waals surface area contributed by atoms with E-state index < -0.39 is 21.3 Å². The minimum absolute atomic E-state index is 0.0367. The molecular weight excluding hydrogens is 238 g/mol. The highest BCUT2D eigenvalue weighted by Gasteiger charge is 2.37. The molecule has 0 radical (unpaired) electrons. The largest absolute Gasteiger partial charge is 0.351 e. The Hall–Kier alpha value is -0.290. The Morgan fingerprint density at radius 3 is 2.47 bits per heavy atom. The molecule has 0 aliphatic carbocycles. The van der Waals surface area contributed by atoms with Crippen molar-refractivity contribution in [1.82, 2.24) is 5.32 Å². The first kappa shape index (κ1) is 12.8. The molecule has 1 amide bonds. The third-order valence-electron chi connectivity index (χ3n) is 2.22. The second kappa shape index (κ2) is 4.70. The highest BCUT2D eigenvalue weighted by Crippen LogP contribution is 2.18. The van der Waals surface area contributed by atoms with Gasteiger partial charge in [-0.2, -0.15) is 0 Å². The number of halogens is 1. The molecule has 15 heavy (non-hydrogen) atoms. The van der Waals surface area contributed by atoms with E-state index in [1.54, 1.807) is 0 Å². The maximum atomic E-state index is 11.4. The topological polar surface area (TPSA) is 63.2 Å². The van der Waals surface area contributed by atoms with Gasteiger partial charge in [-0.05, 0) is 5.92 Å². The summed E-state index contributed by atoms with van der Waals surface area (Å²) >= 11 is 5.85. The molecule has 1 N–H and O–H groups in total. The number of sulfone groups is 1. The summed E-state index contributed by atoms with van der Waals surface area (Å²) in [5.41, 5.74) is 0. The van der Waals surface area contributed by atoms with Gasteiger partial charge in [-0.25, -0.2) is 8.42 Å². The number of carbonyl (C=O) groups excluding carboxylic acids is 1. The van der Waals surface area contributed by atoms with Crippen LogP contribution in [-0.4, -0.2) is 37.2 Å². The highest BCUT2D eigenvalue weighted by molar-refractivity contribution is 7.91. The van der Waals surface area contributed by atoms with Gasteiger partial charge in [0, 0.05) is 6.42 Å². The predicted molar refractivity (Wildman–Crippen MR) is 59.7 cm³/mol. The summed E-state index contributed by atoms with van der Waals surface area (Å²) in [7, 11) is -3.07. The normalized spacial score (nSPS) is 29.3. The van der Waals surface area contributed by atoms with E-state index in [0.29, 0.717) is 6.42 Å². The molecule has 1 fully saturated rings. The Morgan fingerprint density at radius 1 is 1.47 bits per heavy atom. The van der Waals surface area contributed by atoms with Crippen LogP contribution in [-0.2, 0) is 14.6 Å². The van der Waals surface area contributed by atoms with Crippen LogP contribution in [0.4, 0.5) is 0 Å². The Bertz CT molecular complexity index is 339. The fourth-order valence-corrected chi connectivity index (χ4v) is 4.12. The monoisotopic (exact) mass is 253 g/mol. The van der Waals surface area contributed by atoms with E-state index in [1.165, 1.54) is 0 Å². The molecule has 0 unspecified atom stereocenters. The average molecular weight is 254 g/mol. The van der Waals surface area contributed by atoms with Gasteiger partial charge in [0.15, 0.2) is 9.84 Å². The van der Waals surface area contributed by atoms with Crippen molar-refractivity contribution >= 4 is 27.3 Å². The van der Waals surface area contributed by atoms with Gasteiger partial charge in [0.2, 0.25) is 5.91 Å². The molecule has 0 saturated carbocycles. The summed E-state index contributed by atoms with van der Waals surface area (Å²) in [6.45, 7) is 3.87. The molecule has 0 bridgehead atoms. The first-order valence-corrected chi connectivity index (χ1v) is 7.20. The average Bonchev–Trinajstić information content (AvgIpc) is 2.22. The molecule has 1 aliphatic heterocycles. The lowest BCUT2D eigenvalue weighted by atomic mass is 10.1. The molecule has 1 aliphatic rings. The lowest BCUT2D eigenvalue weighted by Gasteiger charge is -2.15. The van der Waals surface area contributed by atoms with E-state index in [1.807, 2.05) is 13.8 Å². The van der Waals surface area contributed by atoms with Crippen LogP contribution in [0.3, 0.4) is 0 Å². The van der Waals surface area contributed by atoms with Crippen LogP contribution in [0, 0.1) is 5.92 Å². The minimum Gasteiger partial charge on any atom is -0.351 e. The Labute approximate surface area is 95.3 Å². The van der Waals surface area contributed by atoms with Crippen molar-refractivity contribution in [2.24, 2.45) is 5.92 Å². The molecule has 0 aromatic heterocycles. The molecule has 0 aromatic carbocycles. The highest BCUT2D eigenvalue weighted by atomic mass is 35.5. The van der Waals surface area contributed by atoms with Gasteiger partial charge in [-0.3, -0.25) is 4.79 Å². The lowest BCUT2D eigenvalue weighted by molar-refractivity contribution is -0.122. The molecule has 88 valence electrons. The number of carbonyl (C=O) groups is 1. The van der Waals surface area contributed by atoms with Crippen molar-refractivity contribution in [3.63, 3.8) is 0 Å². The lowest BCUT2D eigenvalue weighted by Crippen LogP contribution is -2.41. The van der Waals surface area contributed by atoms with Crippen LogP contribution >= 0.6 is 11.6 Å². The van der Waals surface area contributed by atoms with Crippen molar-refractivity contribution < 1.29 is 13.2 Å². The van der Waals surface area contributed by atoms with Gasteiger partial charge < -0.3 is 5.32 Å². The molecule has 0 aromatic rings. The van der Waals surface area contributed by atoms with Crippen LogP contribution in [0.15, 0.2) is 0 Å². The van der Waals surface area contributed by atoms with E-state index in [-0.39, 0.29) is 23.3 Å². The molecule has 4 nitrogen and oxygen atoms in total. The number of hydrogen-bond acceptors (Lipinski definition) is 3. The van der Waals surface area contributed by atoms with Crippen molar-refractivity contribution in [2.45, 2.75) is 31.7 Å². The summed E-state index contributed by atoms with van der Waals surface area (Å²) in [6, 6.07) is -0.428. The SMILES string of the molecule is CC(C)CC(=O)N[C@H]1CS(=O)(=O)C[C@@H]1Cl. The Balaban J connectivity index is 2.50. The summed E-state index contributed by atoms with van der Waals surface area (Å²) in [5, 5.41) is 2.17. The van der Waals surface area contributed by atoms with Crippen molar-refractivity contribution in [2.75, 3.05) is 11.5 Å². The fraction of sp³-hybridized carbons (Fsp3) is 0.889. The van der Waals surface area contributed by atoms with Crippen molar-refractivity contribution in [1.29, 1.82) is 0 Å². The molecule has 0 spiro atoms. The zero-order valence-corrected chi connectivity index (χ0v) is 10.4. The summed E-state index contributed by atoms with van der Waals surface area (Å²) in [4.78, 5) is 11.4. The molecule has 6 heteroatoms. The number of rotatable bonds is 3. The maximum Gasteiger partial charge on any atom is 0.220 e. The second-order valence-corrected chi connectivity index (χ2v) is 7.08. The quantitative estimate of drug-likeness (QED) is 0.748. The molecular formula is C9H16ClNO3S. The molecule has 2 atom stereocenters. The summed E-state index contributed by atoms with van der Waals surface area (Å²) < 4.78 is 22.4. The third-order valence-corrected chi connectivity index (χ3v) is 4.60. The number of amides is 1. The van der Waals surface area contributed by atoms with E-state index in [4.69, 9.17) is 11.6 Å². The zero-order valence-electron chi connectivity index (χ0n) is 8.86. The Morgan fingerprint density at radius 2 is 2.07 bits per heavy atom. The number of alkyl halides is 1. The van der Waals surface area contributed by atoms with Gasteiger partial charge in [-0.15, -0.1) is 11.6 Å². The zero-order chi connectivity index (χ0) is 11.6. The maximum absolute atomic E-state index is 11.4. The van der Waals surface area contributed by atoms with E-state index in [9.17, 15) is 13.2 Å². The van der Waals surface area contributed by atoms with Crippen molar-refractivity contribution in [3.8, 4) is 0 Å².